The highest BCUT2D eigenvalue weighted by Crippen LogP contribution is 2.13. The Morgan fingerprint density at radius 3 is 2.72 bits per heavy atom. The fraction of sp³-hybridized carbons (Fsp3) is 0.231. The molecule has 1 amide bonds. The molecule has 0 unspecified atom stereocenters. The van der Waals surface area contributed by atoms with Gasteiger partial charge < -0.3 is 5.32 Å². The Labute approximate surface area is 109 Å². The standard InChI is InChI=1S/C13H13FN2OS/c1-2-11-8-16-13(18-11)12(17)15-7-9-3-5-10(14)6-4-9/h3-6,8H,2,7H2,1H3,(H,15,17). The molecule has 0 atom stereocenters. The van der Waals surface area contributed by atoms with E-state index in [0.717, 1.165) is 16.9 Å². The van der Waals surface area contributed by atoms with Crippen molar-refractivity contribution in [3.05, 3.63) is 51.7 Å². The van der Waals surface area contributed by atoms with E-state index in [2.05, 4.69) is 10.3 Å². The van der Waals surface area contributed by atoms with E-state index in [0.29, 0.717) is 11.6 Å². The number of thiazole rings is 1. The Bertz CT molecular complexity index is 536. The van der Waals surface area contributed by atoms with Crippen molar-refractivity contribution >= 4 is 17.2 Å². The van der Waals surface area contributed by atoms with Crippen LogP contribution in [-0.2, 0) is 13.0 Å². The fourth-order valence-electron chi connectivity index (χ4n) is 1.44. The number of nitrogens with zero attached hydrogens (tertiary/aromatic N) is 1. The molecule has 0 aliphatic carbocycles. The maximum Gasteiger partial charge on any atom is 0.280 e. The molecule has 0 fully saturated rings. The Kier molecular flexibility index (Phi) is 4.04. The summed E-state index contributed by atoms with van der Waals surface area (Å²) in [7, 11) is 0. The number of nitrogens with one attached hydrogen (secondary N) is 1. The van der Waals surface area contributed by atoms with E-state index < -0.39 is 0 Å². The van der Waals surface area contributed by atoms with Crippen LogP contribution in [0.2, 0.25) is 0 Å². The molecular formula is C13H13FN2OS. The van der Waals surface area contributed by atoms with Crippen molar-refractivity contribution in [3.63, 3.8) is 0 Å². The molecule has 1 aromatic heterocycles. The second-order valence-electron chi connectivity index (χ2n) is 3.79. The number of hydrogen-bond acceptors (Lipinski definition) is 3. The number of aryl methyl sites for hydroxylation is 1. The molecule has 1 N–H and O–H groups in total. The third kappa shape index (κ3) is 3.13. The summed E-state index contributed by atoms with van der Waals surface area (Å²) in [5.41, 5.74) is 0.858. The van der Waals surface area contributed by atoms with E-state index in [1.165, 1.54) is 23.5 Å². The Morgan fingerprint density at radius 2 is 2.11 bits per heavy atom. The molecule has 0 bridgehead atoms. The van der Waals surface area contributed by atoms with Crippen molar-refractivity contribution in [1.29, 1.82) is 0 Å². The van der Waals surface area contributed by atoms with Crippen LogP contribution in [0.25, 0.3) is 0 Å². The van der Waals surface area contributed by atoms with Gasteiger partial charge >= 0.3 is 0 Å². The third-order valence-electron chi connectivity index (χ3n) is 2.46. The molecule has 2 aromatic rings. The summed E-state index contributed by atoms with van der Waals surface area (Å²) in [6.45, 7) is 2.40. The number of aromatic nitrogens is 1. The van der Waals surface area contributed by atoms with Crippen molar-refractivity contribution < 1.29 is 9.18 Å². The first-order valence-electron chi connectivity index (χ1n) is 5.66. The van der Waals surface area contributed by atoms with Crippen LogP contribution in [-0.4, -0.2) is 10.9 Å². The minimum atomic E-state index is -0.280. The SMILES string of the molecule is CCc1cnc(C(=O)NCc2ccc(F)cc2)s1. The van der Waals surface area contributed by atoms with Crippen LogP contribution >= 0.6 is 11.3 Å². The van der Waals surface area contributed by atoms with Gasteiger partial charge in [0, 0.05) is 17.6 Å². The molecule has 5 heteroatoms. The number of rotatable bonds is 4. The summed E-state index contributed by atoms with van der Waals surface area (Å²) in [5, 5.41) is 3.23. The molecule has 18 heavy (non-hydrogen) atoms. The first-order valence-corrected chi connectivity index (χ1v) is 6.48. The first kappa shape index (κ1) is 12.7. The Hall–Kier alpha value is -1.75. The number of carbonyl (C=O) groups is 1. The van der Waals surface area contributed by atoms with Gasteiger partial charge in [-0.3, -0.25) is 4.79 Å². The smallest absolute Gasteiger partial charge is 0.280 e. The van der Waals surface area contributed by atoms with Crippen molar-refractivity contribution in [2.24, 2.45) is 0 Å². The molecule has 3 nitrogen and oxygen atoms in total. The molecular weight excluding hydrogens is 251 g/mol. The Balaban J connectivity index is 1.93. The maximum atomic E-state index is 12.7. The molecule has 0 radical (unpaired) electrons. The average molecular weight is 264 g/mol. The van der Waals surface area contributed by atoms with Gasteiger partial charge in [-0.25, -0.2) is 9.37 Å². The van der Waals surface area contributed by atoms with Crippen molar-refractivity contribution in [2.45, 2.75) is 19.9 Å². The van der Waals surface area contributed by atoms with Gasteiger partial charge in [-0.15, -0.1) is 11.3 Å². The molecule has 1 heterocycles. The van der Waals surface area contributed by atoms with Crippen LogP contribution in [0.1, 0.15) is 27.2 Å². The largest absolute Gasteiger partial charge is 0.346 e. The minimum Gasteiger partial charge on any atom is -0.346 e. The number of halogens is 1. The van der Waals surface area contributed by atoms with Crippen LogP contribution in [0.5, 0.6) is 0 Å². The molecule has 94 valence electrons. The van der Waals surface area contributed by atoms with Gasteiger partial charge in [0.25, 0.3) is 5.91 Å². The fourth-order valence-corrected chi connectivity index (χ4v) is 2.20. The second-order valence-corrected chi connectivity index (χ2v) is 4.91. The lowest BCUT2D eigenvalue weighted by atomic mass is 10.2. The van der Waals surface area contributed by atoms with Crippen molar-refractivity contribution in [1.82, 2.24) is 10.3 Å². The second kappa shape index (κ2) is 5.73. The van der Waals surface area contributed by atoms with Gasteiger partial charge in [-0.1, -0.05) is 19.1 Å². The summed E-state index contributed by atoms with van der Waals surface area (Å²) in [6, 6.07) is 6.05. The van der Waals surface area contributed by atoms with E-state index in [1.807, 2.05) is 6.92 Å². The molecule has 0 aliphatic heterocycles. The van der Waals surface area contributed by atoms with Crippen molar-refractivity contribution in [2.75, 3.05) is 0 Å². The first-order chi connectivity index (χ1) is 8.69. The van der Waals surface area contributed by atoms with Crippen LogP contribution in [0, 0.1) is 5.82 Å². The highest BCUT2D eigenvalue weighted by Gasteiger charge is 2.09. The van der Waals surface area contributed by atoms with Crippen molar-refractivity contribution in [3.8, 4) is 0 Å². The lowest BCUT2D eigenvalue weighted by Gasteiger charge is -2.02. The molecule has 0 saturated carbocycles. The molecule has 1 aromatic carbocycles. The number of benzene rings is 1. The average Bonchev–Trinajstić information content (AvgIpc) is 2.86. The normalized spacial score (nSPS) is 10.3. The topological polar surface area (TPSA) is 42.0 Å². The quantitative estimate of drug-likeness (QED) is 0.922. The van der Waals surface area contributed by atoms with Crippen LogP contribution < -0.4 is 5.32 Å². The summed E-state index contributed by atoms with van der Waals surface area (Å²) >= 11 is 1.40. The van der Waals surface area contributed by atoms with Crippen LogP contribution in [0.15, 0.2) is 30.5 Å². The van der Waals surface area contributed by atoms with E-state index >= 15 is 0 Å². The minimum absolute atomic E-state index is 0.191. The van der Waals surface area contributed by atoms with E-state index in [9.17, 15) is 9.18 Å². The predicted molar refractivity (Wildman–Crippen MR) is 69.1 cm³/mol. The lowest BCUT2D eigenvalue weighted by molar-refractivity contribution is 0.0950. The van der Waals surface area contributed by atoms with Crippen LogP contribution in [0.3, 0.4) is 0 Å². The zero-order valence-electron chi connectivity index (χ0n) is 9.94. The zero-order chi connectivity index (χ0) is 13.0. The molecule has 0 spiro atoms. The summed E-state index contributed by atoms with van der Waals surface area (Å²) in [4.78, 5) is 16.9. The lowest BCUT2D eigenvalue weighted by Crippen LogP contribution is -2.22. The zero-order valence-corrected chi connectivity index (χ0v) is 10.8. The number of hydrogen-bond donors (Lipinski definition) is 1. The van der Waals surface area contributed by atoms with Gasteiger partial charge in [0.1, 0.15) is 5.82 Å². The van der Waals surface area contributed by atoms with Crippen LogP contribution in [0.4, 0.5) is 4.39 Å². The highest BCUT2D eigenvalue weighted by molar-refractivity contribution is 7.13. The van der Waals surface area contributed by atoms with E-state index in [1.54, 1.807) is 18.3 Å². The monoisotopic (exact) mass is 264 g/mol. The third-order valence-corrected chi connectivity index (χ3v) is 3.60. The van der Waals surface area contributed by atoms with Gasteiger partial charge in [-0.2, -0.15) is 0 Å². The van der Waals surface area contributed by atoms with E-state index in [4.69, 9.17) is 0 Å². The van der Waals surface area contributed by atoms with Gasteiger partial charge in [-0.05, 0) is 24.1 Å². The summed E-state index contributed by atoms with van der Waals surface area (Å²) in [5.74, 6) is -0.471. The molecule has 0 aliphatic rings. The molecule has 0 saturated heterocycles. The number of carbonyl (C=O) groups excluding carboxylic acids is 1. The van der Waals surface area contributed by atoms with Gasteiger partial charge in [0.05, 0.1) is 0 Å². The Morgan fingerprint density at radius 1 is 1.39 bits per heavy atom. The number of amides is 1. The summed E-state index contributed by atoms with van der Waals surface area (Å²) in [6.07, 6.45) is 2.60. The predicted octanol–water partition coefficient (Wildman–Crippen LogP) is 2.77. The maximum absolute atomic E-state index is 12.7. The highest BCUT2D eigenvalue weighted by atomic mass is 32.1. The summed E-state index contributed by atoms with van der Waals surface area (Å²) < 4.78 is 12.7. The molecule has 2 rings (SSSR count). The van der Waals surface area contributed by atoms with E-state index in [-0.39, 0.29) is 11.7 Å². The van der Waals surface area contributed by atoms with Gasteiger partial charge in [0.15, 0.2) is 5.01 Å². The van der Waals surface area contributed by atoms with Gasteiger partial charge in [0.2, 0.25) is 0 Å².